The lowest BCUT2D eigenvalue weighted by molar-refractivity contribution is -0.120. The summed E-state index contributed by atoms with van der Waals surface area (Å²) in [5.41, 5.74) is 6.73. The Kier molecular flexibility index (Phi) is 6.35. The van der Waals surface area contributed by atoms with E-state index in [1.807, 2.05) is 6.92 Å². The normalized spacial score (nSPS) is 10.0. The van der Waals surface area contributed by atoms with E-state index in [0.717, 1.165) is 6.42 Å². The molecular weight excluding hydrogens is 310 g/mol. The largest absolute Gasteiger partial charge is 0.398 e. The first-order valence-electron chi connectivity index (χ1n) is 6.14. The molecule has 0 saturated heterocycles. The molecule has 5 nitrogen and oxygen atoms in total. The highest BCUT2D eigenvalue weighted by atomic mass is 79.9. The second-order valence-electron chi connectivity index (χ2n) is 4.09. The molecule has 2 amide bonds. The van der Waals surface area contributed by atoms with Crippen LogP contribution in [-0.2, 0) is 4.79 Å². The standard InChI is InChI=1S/C13H18BrN3O2/c1-2-6-16-12(18)5-7-17-13(19)9-3-4-11(15)10(14)8-9/h3-4,8H,2,5-7,15H2,1H3,(H,16,18)(H,17,19). The van der Waals surface area contributed by atoms with Gasteiger partial charge in [-0.15, -0.1) is 0 Å². The van der Waals surface area contributed by atoms with Crippen molar-refractivity contribution in [2.45, 2.75) is 19.8 Å². The zero-order valence-corrected chi connectivity index (χ0v) is 12.4. The highest BCUT2D eigenvalue weighted by molar-refractivity contribution is 9.10. The fraction of sp³-hybridized carbons (Fsp3) is 0.385. The van der Waals surface area contributed by atoms with E-state index in [-0.39, 0.29) is 18.2 Å². The Labute approximate surface area is 121 Å². The predicted octanol–water partition coefficient (Wildman–Crippen LogP) is 1.68. The highest BCUT2D eigenvalue weighted by Crippen LogP contribution is 2.20. The summed E-state index contributed by atoms with van der Waals surface area (Å²) in [5.74, 6) is -0.273. The second kappa shape index (κ2) is 7.78. The van der Waals surface area contributed by atoms with Crippen LogP contribution in [0, 0.1) is 0 Å². The molecule has 1 rings (SSSR count). The van der Waals surface area contributed by atoms with Gasteiger partial charge in [-0.05, 0) is 40.5 Å². The van der Waals surface area contributed by atoms with E-state index in [9.17, 15) is 9.59 Å². The molecule has 0 aliphatic rings. The number of amides is 2. The van der Waals surface area contributed by atoms with E-state index in [1.165, 1.54) is 0 Å². The molecule has 1 aromatic carbocycles. The molecule has 0 radical (unpaired) electrons. The molecule has 0 saturated carbocycles. The van der Waals surface area contributed by atoms with Crippen LogP contribution in [-0.4, -0.2) is 24.9 Å². The smallest absolute Gasteiger partial charge is 0.251 e. The van der Waals surface area contributed by atoms with Crippen molar-refractivity contribution in [3.8, 4) is 0 Å². The molecular formula is C13H18BrN3O2. The molecule has 0 aliphatic heterocycles. The molecule has 19 heavy (non-hydrogen) atoms. The summed E-state index contributed by atoms with van der Waals surface area (Å²) in [4.78, 5) is 23.1. The molecule has 1 aromatic rings. The van der Waals surface area contributed by atoms with Gasteiger partial charge in [0.25, 0.3) is 5.91 Å². The molecule has 0 unspecified atom stereocenters. The van der Waals surface area contributed by atoms with Crippen LogP contribution in [0.3, 0.4) is 0 Å². The average molecular weight is 328 g/mol. The number of nitrogens with two attached hydrogens (primary N) is 1. The summed E-state index contributed by atoms with van der Waals surface area (Å²) >= 11 is 3.27. The number of halogens is 1. The molecule has 0 atom stereocenters. The van der Waals surface area contributed by atoms with E-state index in [1.54, 1.807) is 18.2 Å². The van der Waals surface area contributed by atoms with Gasteiger partial charge in [0.05, 0.1) is 0 Å². The van der Waals surface area contributed by atoms with E-state index in [0.29, 0.717) is 28.8 Å². The van der Waals surface area contributed by atoms with Gasteiger partial charge < -0.3 is 16.4 Å². The number of rotatable bonds is 6. The molecule has 0 spiro atoms. The first kappa shape index (κ1) is 15.5. The van der Waals surface area contributed by atoms with Crippen molar-refractivity contribution in [3.63, 3.8) is 0 Å². The van der Waals surface area contributed by atoms with Crippen molar-refractivity contribution >= 4 is 33.4 Å². The Bertz CT molecular complexity index is 463. The zero-order chi connectivity index (χ0) is 14.3. The fourth-order valence-corrected chi connectivity index (χ4v) is 1.79. The number of nitrogen functional groups attached to an aromatic ring is 1. The molecule has 104 valence electrons. The van der Waals surface area contributed by atoms with Crippen molar-refractivity contribution in [1.82, 2.24) is 10.6 Å². The summed E-state index contributed by atoms with van der Waals surface area (Å²) in [6.45, 7) is 2.97. The summed E-state index contributed by atoms with van der Waals surface area (Å²) in [5, 5.41) is 5.44. The van der Waals surface area contributed by atoms with Crippen molar-refractivity contribution in [3.05, 3.63) is 28.2 Å². The molecule has 0 fully saturated rings. The maximum Gasteiger partial charge on any atom is 0.251 e. The molecule has 6 heteroatoms. The summed E-state index contributed by atoms with van der Waals surface area (Å²) in [7, 11) is 0. The van der Waals surface area contributed by atoms with Crippen molar-refractivity contribution < 1.29 is 9.59 Å². The number of carbonyl (C=O) groups excluding carboxylic acids is 2. The maximum absolute atomic E-state index is 11.8. The topological polar surface area (TPSA) is 84.2 Å². The third-order valence-corrected chi connectivity index (χ3v) is 3.16. The van der Waals surface area contributed by atoms with Crippen LogP contribution in [0.4, 0.5) is 5.69 Å². The average Bonchev–Trinajstić information content (AvgIpc) is 2.39. The number of nitrogens with one attached hydrogen (secondary N) is 2. The number of hydrogen-bond donors (Lipinski definition) is 3. The number of benzene rings is 1. The van der Waals surface area contributed by atoms with Crippen LogP contribution in [0.2, 0.25) is 0 Å². The van der Waals surface area contributed by atoms with Crippen LogP contribution in [0.25, 0.3) is 0 Å². The number of hydrogen-bond acceptors (Lipinski definition) is 3. The first-order chi connectivity index (χ1) is 9.04. The lowest BCUT2D eigenvalue weighted by Crippen LogP contribution is -2.31. The van der Waals surface area contributed by atoms with Gasteiger partial charge in [-0.25, -0.2) is 0 Å². The van der Waals surface area contributed by atoms with E-state index in [2.05, 4.69) is 26.6 Å². The summed E-state index contributed by atoms with van der Waals surface area (Å²) in [6, 6.07) is 4.96. The molecule has 0 bridgehead atoms. The minimum Gasteiger partial charge on any atom is -0.398 e. The van der Waals surface area contributed by atoms with E-state index < -0.39 is 0 Å². The molecule has 0 aliphatic carbocycles. The van der Waals surface area contributed by atoms with Gasteiger partial charge in [-0.1, -0.05) is 6.92 Å². The Hall–Kier alpha value is -1.56. The fourth-order valence-electron chi connectivity index (χ4n) is 1.41. The quantitative estimate of drug-likeness (QED) is 0.695. The lowest BCUT2D eigenvalue weighted by Gasteiger charge is -2.07. The second-order valence-corrected chi connectivity index (χ2v) is 4.95. The number of anilines is 1. The van der Waals surface area contributed by atoms with Crippen LogP contribution in [0.15, 0.2) is 22.7 Å². The molecule has 0 heterocycles. The highest BCUT2D eigenvalue weighted by Gasteiger charge is 2.08. The third kappa shape index (κ3) is 5.30. The predicted molar refractivity (Wildman–Crippen MR) is 78.8 cm³/mol. The monoisotopic (exact) mass is 327 g/mol. The van der Waals surface area contributed by atoms with Crippen LogP contribution in [0.1, 0.15) is 30.1 Å². The van der Waals surface area contributed by atoms with Gasteiger partial charge in [-0.3, -0.25) is 9.59 Å². The van der Waals surface area contributed by atoms with Gasteiger partial charge >= 0.3 is 0 Å². The lowest BCUT2D eigenvalue weighted by atomic mass is 10.2. The van der Waals surface area contributed by atoms with Gasteiger partial charge in [-0.2, -0.15) is 0 Å². The van der Waals surface area contributed by atoms with Crippen LogP contribution in [0.5, 0.6) is 0 Å². The Morgan fingerprint density at radius 2 is 2.00 bits per heavy atom. The van der Waals surface area contributed by atoms with E-state index in [4.69, 9.17) is 5.73 Å². The number of carbonyl (C=O) groups is 2. The van der Waals surface area contributed by atoms with Crippen LogP contribution < -0.4 is 16.4 Å². The van der Waals surface area contributed by atoms with Gasteiger partial charge in [0.15, 0.2) is 0 Å². The van der Waals surface area contributed by atoms with Gasteiger partial charge in [0.2, 0.25) is 5.91 Å². The van der Waals surface area contributed by atoms with Crippen molar-refractivity contribution in [1.29, 1.82) is 0 Å². The SMILES string of the molecule is CCCNC(=O)CCNC(=O)c1ccc(N)c(Br)c1. The minimum atomic E-state index is -0.219. The summed E-state index contributed by atoms with van der Waals surface area (Å²) in [6.07, 6.45) is 1.18. The Balaban J connectivity index is 2.39. The van der Waals surface area contributed by atoms with Gasteiger partial charge in [0.1, 0.15) is 0 Å². The molecule has 4 N–H and O–H groups in total. The minimum absolute atomic E-state index is 0.0550. The van der Waals surface area contributed by atoms with Gasteiger partial charge in [0, 0.05) is 35.2 Å². The Morgan fingerprint density at radius 1 is 1.26 bits per heavy atom. The van der Waals surface area contributed by atoms with Crippen molar-refractivity contribution in [2.75, 3.05) is 18.8 Å². The zero-order valence-electron chi connectivity index (χ0n) is 10.8. The van der Waals surface area contributed by atoms with Crippen LogP contribution >= 0.6 is 15.9 Å². The maximum atomic E-state index is 11.8. The Morgan fingerprint density at radius 3 is 2.63 bits per heavy atom. The van der Waals surface area contributed by atoms with Crippen molar-refractivity contribution in [2.24, 2.45) is 0 Å². The first-order valence-corrected chi connectivity index (χ1v) is 6.93. The summed E-state index contributed by atoms with van der Waals surface area (Å²) < 4.78 is 0.681. The third-order valence-electron chi connectivity index (χ3n) is 2.47. The molecule has 0 aromatic heterocycles. The van der Waals surface area contributed by atoms with E-state index >= 15 is 0 Å².